The lowest BCUT2D eigenvalue weighted by Gasteiger charge is -2.08. The van der Waals surface area contributed by atoms with Crippen LogP contribution in [0.5, 0.6) is 0 Å². The first-order chi connectivity index (χ1) is 9.77. The van der Waals surface area contributed by atoms with Crippen molar-refractivity contribution in [3.8, 4) is 0 Å². The average Bonchev–Trinajstić information content (AvgIpc) is 2.37. The maximum absolute atomic E-state index is 13.0. The molecule has 2 aromatic carbocycles. The first kappa shape index (κ1) is 15.7. The number of halogens is 2. The van der Waals surface area contributed by atoms with Crippen LogP contribution >= 0.6 is 15.9 Å². The van der Waals surface area contributed by atoms with Gasteiger partial charge in [-0.3, -0.25) is 4.79 Å². The minimum Gasteiger partial charge on any atom is -0.322 e. The smallest absolute Gasteiger partial charge is 0.256 e. The topological polar surface area (TPSA) is 63.2 Å². The lowest BCUT2D eigenvalue weighted by molar-refractivity contribution is 0.102. The Bertz CT molecular complexity index is 806. The van der Waals surface area contributed by atoms with Crippen LogP contribution in [0.25, 0.3) is 0 Å². The van der Waals surface area contributed by atoms with Gasteiger partial charge in [-0.1, -0.05) is 6.07 Å². The second-order valence-corrected chi connectivity index (χ2v) is 7.25. The number of hydrogen-bond acceptors (Lipinski definition) is 3. The molecular weight excluding hydrogens is 361 g/mol. The molecule has 0 aliphatic carbocycles. The van der Waals surface area contributed by atoms with Gasteiger partial charge in [-0.25, -0.2) is 12.8 Å². The molecule has 0 unspecified atom stereocenters. The van der Waals surface area contributed by atoms with Crippen LogP contribution in [0.15, 0.2) is 51.8 Å². The van der Waals surface area contributed by atoms with E-state index in [0.717, 1.165) is 6.26 Å². The molecule has 0 aromatic heterocycles. The quantitative estimate of drug-likeness (QED) is 0.900. The zero-order valence-corrected chi connectivity index (χ0v) is 13.3. The summed E-state index contributed by atoms with van der Waals surface area (Å²) in [6, 6.07) is 9.61. The van der Waals surface area contributed by atoms with Crippen molar-refractivity contribution in [1.82, 2.24) is 0 Å². The van der Waals surface area contributed by atoms with Crippen LogP contribution in [0.2, 0.25) is 0 Å². The van der Waals surface area contributed by atoms with Gasteiger partial charge in [0.25, 0.3) is 5.91 Å². The third-order valence-electron chi connectivity index (χ3n) is 2.70. The Balaban J connectivity index is 2.28. The molecule has 7 heteroatoms. The number of hydrogen-bond donors (Lipinski definition) is 1. The highest BCUT2D eigenvalue weighted by Gasteiger charge is 2.13. The number of benzene rings is 2. The van der Waals surface area contributed by atoms with Gasteiger partial charge >= 0.3 is 0 Å². The van der Waals surface area contributed by atoms with Crippen LogP contribution in [0, 0.1) is 5.82 Å². The Morgan fingerprint density at radius 1 is 1.19 bits per heavy atom. The Kier molecular flexibility index (Phi) is 4.43. The van der Waals surface area contributed by atoms with E-state index in [4.69, 9.17) is 0 Å². The second kappa shape index (κ2) is 5.95. The molecule has 0 saturated carbocycles. The molecule has 4 nitrogen and oxygen atoms in total. The van der Waals surface area contributed by atoms with Crippen molar-refractivity contribution in [2.75, 3.05) is 11.6 Å². The molecule has 0 aliphatic heterocycles. The largest absolute Gasteiger partial charge is 0.322 e. The van der Waals surface area contributed by atoms with E-state index in [1.807, 2.05) is 0 Å². The average molecular weight is 372 g/mol. The number of anilines is 1. The third-order valence-corrected chi connectivity index (χ3v) is 4.46. The normalized spacial score (nSPS) is 11.2. The third kappa shape index (κ3) is 3.89. The van der Waals surface area contributed by atoms with Crippen molar-refractivity contribution in [2.24, 2.45) is 0 Å². The molecular formula is C14H11BrFNO3S. The van der Waals surface area contributed by atoms with Crippen LogP contribution < -0.4 is 5.32 Å². The summed E-state index contributed by atoms with van der Waals surface area (Å²) in [7, 11) is -3.35. The second-order valence-electron chi connectivity index (χ2n) is 4.38. The first-order valence-electron chi connectivity index (χ1n) is 5.84. The molecule has 0 heterocycles. The molecule has 2 rings (SSSR count). The molecule has 0 spiro atoms. The summed E-state index contributed by atoms with van der Waals surface area (Å²) in [5.41, 5.74) is 0.598. The van der Waals surface area contributed by atoms with Gasteiger partial charge in [0, 0.05) is 16.4 Å². The van der Waals surface area contributed by atoms with Crippen LogP contribution in [-0.4, -0.2) is 20.6 Å². The molecule has 1 amide bonds. The minimum absolute atomic E-state index is 0.110. The fraction of sp³-hybridized carbons (Fsp3) is 0.0714. The number of carbonyl (C=O) groups excluding carboxylic acids is 1. The standard InChI is InChI=1S/C14H11BrFNO3S/c1-21(19,20)11-4-2-3-10(8-11)17-14(18)12-6-5-9(16)7-13(12)15/h2-8H,1H3,(H,17,18). The summed E-state index contributed by atoms with van der Waals surface area (Å²) in [6.07, 6.45) is 1.09. The summed E-state index contributed by atoms with van der Waals surface area (Å²) in [4.78, 5) is 12.2. The van der Waals surface area contributed by atoms with E-state index in [2.05, 4.69) is 21.2 Å². The molecule has 0 fully saturated rings. The lowest BCUT2D eigenvalue weighted by atomic mass is 10.2. The number of amides is 1. The van der Waals surface area contributed by atoms with Gasteiger partial charge in [-0.2, -0.15) is 0 Å². The van der Waals surface area contributed by atoms with E-state index in [-0.39, 0.29) is 10.5 Å². The maximum Gasteiger partial charge on any atom is 0.256 e. The molecule has 0 bridgehead atoms. The summed E-state index contributed by atoms with van der Waals surface area (Å²) < 4.78 is 36.3. The summed E-state index contributed by atoms with van der Waals surface area (Å²) in [6.45, 7) is 0. The van der Waals surface area contributed by atoms with Crippen molar-refractivity contribution < 1.29 is 17.6 Å². The highest BCUT2D eigenvalue weighted by atomic mass is 79.9. The zero-order chi connectivity index (χ0) is 15.6. The van der Waals surface area contributed by atoms with E-state index in [1.165, 1.54) is 36.4 Å². The fourth-order valence-electron chi connectivity index (χ4n) is 1.68. The SMILES string of the molecule is CS(=O)(=O)c1cccc(NC(=O)c2ccc(F)cc2Br)c1. The van der Waals surface area contributed by atoms with Gasteiger partial charge in [-0.05, 0) is 52.3 Å². The number of rotatable bonds is 3. The van der Waals surface area contributed by atoms with Crippen molar-refractivity contribution in [1.29, 1.82) is 0 Å². The van der Waals surface area contributed by atoms with Crippen LogP contribution in [0.3, 0.4) is 0 Å². The molecule has 0 aliphatic rings. The van der Waals surface area contributed by atoms with Gasteiger partial charge in [0.1, 0.15) is 5.82 Å². The lowest BCUT2D eigenvalue weighted by Crippen LogP contribution is -2.13. The van der Waals surface area contributed by atoms with Crippen molar-refractivity contribution in [3.05, 3.63) is 58.3 Å². The number of nitrogens with one attached hydrogen (secondary N) is 1. The van der Waals surface area contributed by atoms with Crippen molar-refractivity contribution in [3.63, 3.8) is 0 Å². The molecule has 1 N–H and O–H groups in total. The van der Waals surface area contributed by atoms with Crippen LogP contribution in [-0.2, 0) is 9.84 Å². The summed E-state index contributed by atoms with van der Waals surface area (Å²) >= 11 is 3.11. The molecule has 0 saturated heterocycles. The van der Waals surface area contributed by atoms with Crippen LogP contribution in [0.4, 0.5) is 10.1 Å². The zero-order valence-electron chi connectivity index (χ0n) is 10.9. The minimum atomic E-state index is -3.35. The Hall–Kier alpha value is -1.73. The van der Waals surface area contributed by atoms with E-state index in [9.17, 15) is 17.6 Å². The van der Waals surface area contributed by atoms with Crippen molar-refractivity contribution in [2.45, 2.75) is 4.90 Å². The van der Waals surface area contributed by atoms with Crippen LogP contribution in [0.1, 0.15) is 10.4 Å². The van der Waals surface area contributed by atoms with Gasteiger partial charge < -0.3 is 5.32 Å². The van der Waals surface area contributed by atoms with Gasteiger partial charge in [-0.15, -0.1) is 0 Å². The summed E-state index contributed by atoms with van der Waals surface area (Å²) in [5.74, 6) is -0.926. The molecule has 0 radical (unpaired) electrons. The Morgan fingerprint density at radius 3 is 2.52 bits per heavy atom. The molecule has 21 heavy (non-hydrogen) atoms. The monoisotopic (exact) mass is 371 g/mol. The van der Waals surface area contributed by atoms with E-state index >= 15 is 0 Å². The predicted octanol–water partition coefficient (Wildman–Crippen LogP) is 3.24. The Labute approximate surface area is 130 Å². The first-order valence-corrected chi connectivity index (χ1v) is 8.52. The van der Waals surface area contributed by atoms with Gasteiger partial charge in [0.15, 0.2) is 9.84 Å². The van der Waals surface area contributed by atoms with Crippen molar-refractivity contribution >= 4 is 37.4 Å². The fourth-order valence-corrected chi connectivity index (χ4v) is 2.87. The van der Waals surface area contributed by atoms with E-state index < -0.39 is 21.6 Å². The predicted molar refractivity (Wildman–Crippen MR) is 81.6 cm³/mol. The molecule has 110 valence electrons. The highest BCUT2D eigenvalue weighted by Crippen LogP contribution is 2.21. The van der Waals surface area contributed by atoms with Gasteiger partial charge in [0.2, 0.25) is 0 Å². The molecule has 2 aromatic rings. The Morgan fingerprint density at radius 2 is 1.90 bits per heavy atom. The maximum atomic E-state index is 13.0. The summed E-state index contributed by atoms with van der Waals surface area (Å²) in [5, 5.41) is 2.58. The van der Waals surface area contributed by atoms with Gasteiger partial charge in [0.05, 0.1) is 10.5 Å². The number of carbonyl (C=O) groups is 1. The number of sulfone groups is 1. The van der Waals surface area contributed by atoms with E-state index in [1.54, 1.807) is 6.07 Å². The highest BCUT2D eigenvalue weighted by molar-refractivity contribution is 9.10. The van der Waals surface area contributed by atoms with E-state index in [0.29, 0.717) is 10.2 Å². The molecule has 0 atom stereocenters.